The lowest BCUT2D eigenvalue weighted by Gasteiger charge is -1.93. The van der Waals surface area contributed by atoms with Gasteiger partial charge in [-0.15, -0.1) is 0 Å². The molecule has 0 N–H and O–H groups in total. The Balaban J connectivity index is 0.000000461. The zero-order valence-electron chi connectivity index (χ0n) is 8.00. The van der Waals surface area contributed by atoms with Crippen molar-refractivity contribution in [3.05, 3.63) is 11.9 Å². The summed E-state index contributed by atoms with van der Waals surface area (Å²) in [6.07, 6.45) is 1.80. The van der Waals surface area contributed by atoms with Crippen LogP contribution in [0.1, 0.15) is 39.3 Å². The van der Waals surface area contributed by atoms with Crippen LogP contribution < -0.4 is 0 Å². The van der Waals surface area contributed by atoms with Crippen molar-refractivity contribution >= 4 is 0 Å². The van der Waals surface area contributed by atoms with Crippen molar-refractivity contribution in [2.75, 3.05) is 0 Å². The first-order valence-corrected chi connectivity index (χ1v) is 4.06. The molecular formula is C8H17N3. The quantitative estimate of drug-likeness (QED) is 0.620. The molecule has 0 saturated carbocycles. The van der Waals surface area contributed by atoms with Crippen molar-refractivity contribution in [2.24, 2.45) is 7.05 Å². The van der Waals surface area contributed by atoms with E-state index in [0.717, 1.165) is 5.69 Å². The minimum Gasteiger partial charge on any atom is -0.188 e. The monoisotopic (exact) mass is 155 g/mol. The molecule has 0 saturated heterocycles. The van der Waals surface area contributed by atoms with Crippen molar-refractivity contribution in [3.63, 3.8) is 0 Å². The van der Waals surface area contributed by atoms with Gasteiger partial charge >= 0.3 is 0 Å². The molecule has 64 valence electrons. The number of hydrogen-bond donors (Lipinski definition) is 0. The topological polar surface area (TPSA) is 30.7 Å². The van der Waals surface area contributed by atoms with Crippen molar-refractivity contribution < 1.29 is 0 Å². The van der Waals surface area contributed by atoms with Crippen LogP contribution in [-0.4, -0.2) is 15.0 Å². The van der Waals surface area contributed by atoms with E-state index >= 15 is 0 Å². The minimum atomic E-state index is 0.485. The van der Waals surface area contributed by atoms with Gasteiger partial charge in [-0.25, -0.2) is 0 Å². The van der Waals surface area contributed by atoms with Gasteiger partial charge in [0.15, 0.2) is 0 Å². The first-order valence-electron chi connectivity index (χ1n) is 4.06. The molecule has 0 bridgehead atoms. The molecule has 0 amide bonds. The number of rotatable bonds is 1. The first kappa shape index (κ1) is 10.1. The summed E-state index contributed by atoms with van der Waals surface area (Å²) in [4.78, 5) is 1.58. The Kier molecular flexibility index (Phi) is 4.50. The van der Waals surface area contributed by atoms with Crippen molar-refractivity contribution in [3.8, 4) is 0 Å². The predicted molar refractivity (Wildman–Crippen MR) is 46.4 cm³/mol. The summed E-state index contributed by atoms with van der Waals surface area (Å²) in [6, 6.07) is 0. The lowest BCUT2D eigenvalue weighted by Crippen LogP contribution is -1.94. The third kappa shape index (κ3) is 3.16. The van der Waals surface area contributed by atoms with Gasteiger partial charge in [-0.3, -0.25) is 0 Å². The van der Waals surface area contributed by atoms with Crippen LogP contribution in [0.25, 0.3) is 0 Å². The van der Waals surface area contributed by atoms with Crippen LogP contribution in [0.15, 0.2) is 6.20 Å². The maximum absolute atomic E-state index is 4.12. The Morgan fingerprint density at radius 1 is 1.36 bits per heavy atom. The van der Waals surface area contributed by atoms with Crippen molar-refractivity contribution in [1.29, 1.82) is 0 Å². The van der Waals surface area contributed by atoms with Crippen LogP contribution in [-0.2, 0) is 7.05 Å². The first-order chi connectivity index (χ1) is 5.20. The van der Waals surface area contributed by atoms with Crippen molar-refractivity contribution in [1.82, 2.24) is 15.0 Å². The van der Waals surface area contributed by atoms with Crippen LogP contribution in [0, 0.1) is 0 Å². The van der Waals surface area contributed by atoms with E-state index in [-0.39, 0.29) is 0 Å². The second-order valence-corrected chi connectivity index (χ2v) is 2.41. The zero-order chi connectivity index (χ0) is 8.85. The second kappa shape index (κ2) is 4.88. The van der Waals surface area contributed by atoms with E-state index in [1.165, 1.54) is 0 Å². The highest BCUT2D eigenvalue weighted by atomic mass is 15.4. The Labute approximate surface area is 68.4 Å². The average molecular weight is 155 g/mol. The van der Waals surface area contributed by atoms with Gasteiger partial charge in [0.2, 0.25) is 0 Å². The average Bonchev–Trinajstić information content (AvgIpc) is 2.40. The maximum Gasteiger partial charge on any atom is 0.0852 e. The van der Waals surface area contributed by atoms with Crippen LogP contribution in [0.2, 0.25) is 0 Å². The molecule has 1 heterocycles. The van der Waals surface area contributed by atoms with E-state index in [2.05, 4.69) is 24.0 Å². The summed E-state index contributed by atoms with van der Waals surface area (Å²) >= 11 is 0. The van der Waals surface area contributed by atoms with Crippen molar-refractivity contribution in [2.45, 2.75) is 33.6 Å². The van der Waals surface area contributed by atoms with Crippen LogP contribution in [0.3, 0.4) is 0 Å². The lowest BCUT2D eigenvalue weighted by atomic mass is 10.2. The highest BCUT2D eigenvalue weighted by Gasteiger charge is 2.00. The van der Waals surface area contributed by atoms with Crippen LogP contribution >= 0.6 is 0 Å². The minimum absolute atomic E-state index is 0.485. The van der Waals surface area contributed by atoms with Gasteiger partial charge in [0.25, 0.3) is 0 Å². The number of hydrogen-bond acceptors (Lipinski definition) is 2. The molecule has 0 aliphatic heterocycles. The van der Waals surface area contributed by atoms with Gasteiger partial charge in [0.05, 0.1) is 11.9 Å². The molecule has 3 heteroatoms. The van der Waals surface area contributed by atoms with Gasteiger partial charge in [0, 0.05) is 7.05 Å². The van der Waals surface area contributed by atoms with E-state index in [0.29, 0.717) is 5.92 Å². The third-order valence-corrected chi connectivity index (χ3v) is 1.21. The molecule has 0 aliphatic rings. The lowest BCUT2D eigenvalue weighted by molar-refractivity contribution is 0.636. The third-order valence-electron chi connectivity index (χ3n) is 1.21. The highest BCUT2D eigenvalue weighted by Crippen LogP contribution is 2.07. The second-order valence-electron chi connectivity index (χ2n) is 2.41. The van der Waals surface area contributed by atoms with Gasteiger partial charge in [-0.05, 0) is 5.92 Å². The van der Waals surface area contributed by atoms with Gasteiger partial charge < -0.3 is 0 Å². The largest absolute Gasteiger partial charge is 0.188 e. The van der Waals surface area contributed by atoms with E-state index in [1.807, 2.05) is 20.9 Å². The molecule has 0 radical (unpaired) electrons. The summed E-state index contributed by atoms with van der Waals surface area (Å²) in [5.41, 5.74) is 1.05. The molecule has 1 aromatic rings. The van der Waals surface area contributed by atoms with Gasteiger partial charge in [-0.2, -0.15) is 15.0 Å². The van der Waals surface area contributed by atoms with E-state index in [1.54, 1.807) is 11.0 Å². The molecule has 0 atom stereocenters. The fourth-order valence-electron chi connectivity index (χ4n) is 0.626. The van der Waals surface area contributed by atoms with Gasteiger partial charge in [0.1, 0.15) is 0 Å². The fourth-order valence-corrected chi connectivity index (χ4v) is 0.626. The zero-order valence-corrected chi connectivity index (χ0v) is 8.00. The standard InChI is InChI=1S/C6H11N3.C2H6/c1-5(2)6-4-7-9(3)8-6;1-2/h4-5H,1-3H3;1-2H3. The molecular weight excluding hydrogens is 138 g/mol. The molecule has 0 aromatic carbocycles. The molecule has 3 nitrogen and oxygen atoms in total. The number of aromatic nitrogens is 3. The number of nitrogens with zero attached hydrogens (tertiary/aromatic N) is 3. The fraction of sp³-hybridized carbons (Fsp3) is 0.750. The summed E-state index contributed by atoms with van der Waals surface area (Å²) in [6.45, 7) is 8.20. The normalized spacial score (nSPS) is 9.27. The molecule has 1 aromatic heterocycles. The SMILES string of the molecule is CC.CC(C)c1cnn(C)n1. The molecule has 11 heavy (non-hydrogen) atoms. The molecule has 0 spiro atoms. The predicted octanol–water partition coefficient (Wildman–Crippen LogP) is 1.96. The summed E-state index contributed by atoms with van der Waals surface area (Å²) in [5, 5.41) is 8.06. The smallest absolute Gasteiger partial charge is 0.0852 e. The van der Waals surface area contributed by atoms with E-state index in [9.17, 15) is 0 Å². The van der Waals surface area contributed by atoms with Crippen LogP contribution in [0.4, 0.5) is 0 Å². The summed E-state index contributed by atoms with van der Waals surface area (Å²) < 4.78 is 0. The summed E-state index contributed by atoms with van der Waals surface area (Å²) in [7, 11) is 1.83. The Bertz CT molecular complexity index is 191. The molecule has 0 aliphatic carbocycles. The van der Waals surface area contributed by atoms with E-state index in [4.69, 9.17) is 0 Å². The molecule has 1 rings (SSSR count). The Hall–Kier alpha value is -0.860. The van der Waals surface area contributed by atoms with Gasteiger partial charge in [-0.1, -0.05) is 27.7 Å². The van der Waals surface area contributed by atoms with E-state index < -0.39 is 0 Å². The molecule has 0 unspecified atom stereocenters. The molecule has 0 fully saturated rings. The Morgan fingerprint density at radius 2 is 1.91 bits per heavy atom. The Morgan fingerprint density at radius 3 is 2.09 bits per heavy atom. The van der Waals surface area contributed by atoms with Crippen LogP contribution in [0.5, 0.6) is 0 Å². The number of aryl methyl sites for hydroxylation is 1. The highest BCUT2D eigenvalue weighted by molar-refractivity contribution is 4.96. The maximum atomic E-state index is 4.12. The summed E-state index contributed by atoms with van der Waals surface area (Å²) in [5.74, 6) is 0.485.